The lowest BCUT2D eigenvalue weighted by Crippen LogP contribution is -2.12. The van der Waals surface area contributed by atoms with Gasteiger partial charge in [0.25, 0.3) is 0 Å². The van der Waals surface area contributed by atoms with E-state index in [0.29, 0.717) is 12.8 Å². The van der Waals surface area contributed by atoms with Gasteiger partial charge in [-0.05, 0) is 66.0 Å². The lowest BCUT2D eigenvalue weighted by Gasteiger charge is -2.16. The molecule has 26 heavy (non-hydrogen) atoms. The van der Waals surface area contributed by atoms with Crippen molar-refractivity contribution >= 4 is 5.97 Å². The van der Waals surface area contributed by atoms with Gasteiger partial charge in [-0.25, -0.2) is 9.18 Å². The van der Waals surface area contributed by atoms with Crippen LogP contribution in [0.3, 0.4) is 0 Å². The molecule has 0 amide bonds. The molecule has 1 aliphatic carbocycles. The number of benzene rings is 2. The zero-order valence-corrected chi connectivity index (χ0v) is 15.0. The van der Waals surface area contributed by atoms with E-state index in [4.69, 9.17) is 9.84 Å². The molecule has 4 nitrogen and oxygen atoms in total. The van der Waals surface area contributed by atoms with Gasteiger partial charge in [-0.15, -0.1) is 0 Å². The van der Waals surface area contributed by atoms with Gasteiger partial charge in [-0.2, -0.15) is 0 Å². The Morgan fingerprint density at radius 1 is 1.23 bits per heavy atom. The summed E-state index contributed by atoms with van der Waals surface area (Å²) < 4.78 is 19.8. The average Bonchev–Trinajstić information content (AvgIpc) is 3.05. The van der Waals surface area contributed by atoms with Crippen molar-refractivity contribution in [2.75, 3.05) is 6.61 Å². The Morgan fingerprint density at radius 3 is 2.65 bits per heavy atom. The lowest BCUT2D eigenvalue weighted by atomic mass is 9.93. The standard InChI is InChI=1S/C21H23FO4/c1-12(2)17-9-13(6-7-19(17)23)8-14-10-18(22)21(26-11-20(24)25)16-5-3-4-15(14)16/h6-7,9-10,12,23H,3-5,8,11H2,1-2H3,(H,24,25). The number of aromatic hydroxyl groups is 1. The van der Waals surface area contributed by atoms with Gasteiger partial charge in [0.05, 0.1) is 0 Å². The zero-order chi connectivity index (χ0) is 18.8. The van der Waals surface area contributed by atoms with Crippen LogP contribution in [0.15, 0.2) is 24.3 Å². The third-order valence-corrected chi connectivity index (χ3v) is 4.85. The Balaban J connectivity index is 1.95. The number of hydrogen-bond acceptors (Lipinski definition) is 3. The smallest absolute Gasteiger partial charge is 0.341 e. The van der Waals surface area contributed by atoms with Crippen LogP contribution >= 0.6 is 0 Å². The van der Waals surface area contributed by atoms with E-state index < -0.39 is 18.4 Å². The van der Waals surface area contributed by atoms with Gasteiger partial charge in [0.1, 0.15) is 5.75 Å². The highest BCUT2D eigenvalue weighted by Crippen LogP contribution is 2.37. The van der Waals surface area contributed by atoms with Crippen molar-refractivity contribution < 1.29 is 24.1 Å². The summed E-state index contributed by atoms with van der Waals surface area (Å²) in [6.45, 7) is 3.49. The second-order valence-corrected chi connectivity index (χ2v) is 7.06. The Morgan fingerprint density at radius 2 is 1.96 bits per heavy atom. The van der Waals surface area contributed by atoms with Crippen molar-refractivity contribution in [2.45, 2.75) is 45.4 Å². The first-order valence-corrected chi connectivity index (χ1v) is 8.86. The van der Waals surface area contributed by atoms with Crippen LogP contribution in [-0.4, -0.2) is 22.8 Å². The number of carbonyl (C=O) groups is 1. The molecule has 3 rings (SSSR count). The predicted octanol–water partition coefficient (Wildman–Crippen LogP) is 4.20. The Bertz CT molecular complexity index is 842. The van der Waals surface area contributed by atoms with Gasteiger partial charge < -0.3 is 14.9 Å². The first-order chi connectivity index (χ1) is 12.4. The molecule has 0 radical (unpaired) electrons. The second-order valence-electron chi connectivity index (χ2n) is 7.06. The third-order valence-electron chi connectivity index (χ3n) is 4.85. The van der Waals surface area contributed by atoms with Crippen LogP contribution in [0.1, 0.15) is 54.0 Å². The largest absolute Gasteiger partial charge is 0.508 e. The van der Waals surface area contributed by atoms with Gasteiger partial charge in [0.2, 0.25) is 0 Å². The molecule has 0 spiro atoms. The van der Waals surface area contributed by atoms with Gasteiger partial charge in [-0.1, -0.05) is 26.0 Å². The Labute approximate surface area is 152 Å². The number of ether oxygens (including phenoxy) is 1. The quantitative estimate of drug-likeness (QED) is 0.812. The Hall–Kier alpha value is -2.56. The first kappa shape index (κ1) is 18.2. The highest BCUT2D eigenvalue weighted by Gasteiger charge is 2.24. The molecule has 1 aliphatic rings. The summed E-state index contributed by atoms with van der Waals surface area (Å²) in [5.41, 5.74) is 4.65. The molecule has 5 heteroatoms. The summed E-state index contributed by atoms with van der Waals surface area (Å²) in [5, 5.41) is 18.8. The lowest BCUT2D eigenvalue weighted by molar-refractivity contribution is -0.139. The topological polar surface area (TPSA) is 66.8 Å². The summed E-state index contributed by atoms with van der Waals surface area (Å²) in [6, 6.07) is 6.97. The SMILES string of the molecule is CC(C)c1cc(Cc2cc(F)c(OCC(=O)O)c3c2CCC3)ccc1O. The number of carboxylic acids is 1. The van der Waals surface area contributed by atoms with Gasteiger partial charge >= 0.3 is 5.97 Å². The monoisotopic (exact) mass is 358 g/mol. The molecule has 0 unspecified atom stereocenters. The average molecular weight is 358 g/mol. The van der Waals surface area contributed by atoms with Crippen LogP contribution in [-0.2, 0) is 24.1 Å². The number of fused-ring (bicyclic) bond motifs is 1. The summed E-state index contributed by atoms with van der Waals surface area (Å²) >= 11 is 0. The molecule has 0 aromatic heterocycles. The van der Waals surface area contributed by atoms with E-state index >= 15 is 0 Å². The molecular weight excluding hydrogens is 335 g/mol. The van der Waals surface area contributed by atoms with E-state index in [2.05, 4.69) is 0 Å². The van der Waals surface area contributed by atoms with E-state index in [1.165, 1.54) is 6.07 Å². The maximum Gasteiger partial charge on any atom is 0.341 e. The molecular formula is C21H23FO4. The van der Waals surface area contributed by atoms with Crippen LogP contribution < -0.4 is 4.74 Å². The van der Waals surface area contributed by atoms with E-state index in [-0.39, 0.29) is 17.4 Å². The molecule has 0 heterocycles. The summed E-state index contributed by atoms with van der Waals surface area (Å²) in [6.07, 6.45) is 3.01. The van der Waals surface area contributed by atoms with Gasteiger partial charge in [0, 0.05) is 5.56 Å². The number of carboxylic acid groups (broad SMARTS) is 1. The molecule has 0 fully saturated rings. The maximum atomic E-state index is 14.6. The molecule has 0 aliphatic heterocycles. The third kappa shape index (κ3) is 3.66. The number of halogens is 1. The van der Waals surface area contributed by atoms with Crippen molar-refractivity contribution in [2.24, 2.45) is 0 Å². The van der Waals surface area contributed by atoms with E-state index in [9.17, 15) is 14.3 Å². The molecule has 0 saturated carbocycles. The van der Waals surface area contributed by atoms with Crippen LogP contribution in [0, 0.1) is 5.82 Å². The second kappa shape index (κ2) is 7.36. The van der Waals surface area contributed by atoms with Crippen LogP contribution in [0.4, 0.5) is 4.39 Å². The summed E-state index contributed by atoms with van der Waals surface area (Å²) in [7, 11) is 0. The number of phenolic OH excluding ortho intramolecular Hbond substituents is 1. The minimum absolute atomic E-state index is 0.0808. The summed E-state index contributed by atoms with van der Waals surface area (Å²) in [4.78, 5) is 10.7. The number of aliphatic carboxylic acids is 1. The normalized spacial score (nSPS) is 13.1. The Kier molecular flexibility index (Phi) is 5.16. The zero-order valence-electron chi connectivity index (χ0n) is 15.0. The first-order valence-electron chi connectivity index (χ1n) is 8.86. The molecule has 0 bridgehead atoms. The van der Waals surface area contributed by atoms with Crippen molar-refractivity contribution in [1.29, 1.82) is 0 Å². The van der Waals surface area contributed by atoms with E-state index in [1.807, 2.05) is 26.0 Å². The van der Waals surface area contributed by atoms with E-state index in [0.717, 1.165) is 40.7 Å². The number of hydrogen-bond donors (Lipinski definition) is 2. The molecule has 2 aromatic rings. The predicted molar refractivity (Wildman–Crippen MR) is 96.6 cm³/mol. The molecule has 0 atom stereocenters. The van der Waals surface area contributed by atoms with Crippen molar-refractivity contribution in [3.05, 3.63) is 57.9 Å². The van der Waals surface area contributed by atoms with Crippen molar-refractivity contribution in [3.63, 3.8) is 0 Å². The summed E-state index contributed by atoms with van der Waals surface area (Å²) in [5.74, 6) is -1.07. The van der Waals surface area contributed by atoms with Gasteiger partial charge in [-0.3, -0.25) is 0 Å². The van der Waals surface area contributed by atoms with Gasteiger partial charge in [0.15, 0.2) is 18.2 Å². The van der Waals surface area contributed by atoms with Crippen LogP contribution in [0.2, 0.25) is 0 Å². The van der Waals surface area contributed by atoms with Crippen molar-refractivity contribution in [1.82, 2.24) is 0 Å². The fourth-order valence-corrected chi connectivity index (χ4v) is 3.64. The minimum Gasteiger partial charge on any atom is -0.508 e. The molecule has 138 valence electrons. The van der Waals surface area contributed by atoms with Crippen LogP contribution in [0.5, 0.6) is 11.5 Å². The highest BCUT2D eigenvalue weighted by atomic mass is 19.1. The number of rotatable bonds is 6. The molecule has 2 N–H and O–H groups in total. The molecule has 2 aromatic carbocycles. The van der Waals surface area contributed by atoms with Crippen molar-refractivity contribution in [3.8, 4) is 11.5 Å². The van der Waals surface area contributed by atoms with Crippen LogP contribution in [0.25, 0.3) is 0 Å². The fourth-order valence-electron chi connectivity index (χ4n) is 3.64. The maximum absolute atomic E-state index is 14.6. The molecule has 0 saturated heterocycles. The van der Waals surface area contributed by atoms with E-state index in [1.54, 1.807) is 6.07 Å². The highest BCUT2D eigenvalue weighted by molar-refractivity contribution is 5.68. The number of phenols is 1. The fraction of sp³-hybridized carbons (Fsp3) is 0.381. The minimum atomic E-state index is -1.12.